The molecule has 7 heteroatoms. The van der Waals surface area contributed by atoms with Crippen molar-refractivity contribution >= 4 is 22.4 Å². The molecule has 6 nitrogen and oxygen atoms in total. The number of amides is 1. The summed E-state index contributed by atoms with van der Waals surface area (Å²) in [4.78, 5) is 15.8. The Balaban J connectivity index is 1.60. The summed E-state index contributed by atoms with van der Waals surface area (Å²) >= 11 is 1.38. The number of aromatic nitrogens is 1. The summed E-state index contributed by atoms with van der Waals surface area (Å²) in [7, 11) is 1.62. The molecular formula is C15H19N3O3S. The quantitative estimate of drug-likeness (QED) is 0.725. The molecule has 0 saturated carbocycles. The first kappa shape index (κ1) is 16.1. The van der Waals surface area contributed by atoms with E-state index in [0.29, 0.717) is 31.1 Å². The number of aryl methyl sites for hydroxylation is 1. The molecule has 1 aromatic heterocycles. The van der Waals surface area contributed by atoms with Gasteiger partial charge in [-0.25, -0.2) is 4.98 Å². The lowest BCUT2D eigenvalue weighted by Crippen LogP contribution is -2.28. The Morgan fingerprint density at radius 1 is 1.32 bits per heavy atom. The van der Waals surface area contributed by atoms with Crippen LogP contribution in [0.4, 0.5) is 5.13 Å². The van der Waals surface area contributed by atoms with E-state index in [1.54, 1.807) is 7.11 Å². The van der Waals surface area contributed by atoms with Crippen molar-refractivity contribution in [2.45, 2.75) is 12.8 Å². The number of carbonyl (C=O) groups excluding carboxylic acids is 1. The first-order chi connectivity index (χ1) is 10.7. The Hall–Kier alpha value is -2.28. The van der Waals surface area contributed by atoms with Gasteiger partial charge in [0.1, 0.15) is 18.1 Å². The van der Waals surface area contributed by atoms with Crippen molar-refractivity contribution in [3.8, 4) is 11.5 Å². The first-order valence-corrected chi connectivity index (χ1v) is 7.79. The van der Waals surface area contributed by atoms with Crippen molar-refractivity contribution in [1.29, 1.82) is 0 Å². The van der Waals surface area contributed by atoms with Crippen molar-refractivity contribution in [1.82, 2.24) is 10.3 Å². The number of nitrogen functional groups attached to an aromatic ring is 1. The van der Waals surface area contributed by atoms with Crippen LogP contribution in [0.25, 0.3) is 0 Å². The van der Waals surface area contributed by atoms with Crippen LogP contribution in [0.1, 0.15) is 12.1 Å². The molecule has 1 aromatic carbocycles. The van der Waals surface area contributed by atoms with Gasteiger partial charge in [-0.1, -0.05) is 0 Å². The van der Waals surface area contributed by atoms with Crippen molar-refractivity contribution in [3.63, 3.8) is 0 Å². The van der Waals surface area contributed by atoms with E-state index in [9.17, 15) is 4.79 Å². The minimum absolute atomic E-state index is 0.0232. The third-order valence-electron chi connectivity index (χ3n) is 2.93. The Morgan fingerprint density at radius 3 is 2.68 bits per heavy atom. The summed E-state index contributed by atoms with van der Waals surface area (Å²) in [5.74, 6) is 1.50. The van der Waals surface area contributed by atoms with Crippen LogP contribution in [0.3, 0.4) is 0 Å². The van der Waals surface area contributed by atoms with E-state index in [0.717, 1.165) is 17.2 Å². The summed E-state index contributed by atoms with van der Waals surface area (Å²) in [6.45, 7) is 0.881. The van der Waals surface area contributed by atoms with Gasteiger partial charge in [0.25, 0.3) is 0 Å². The number of benzene rings is 1. The fourth-order valence-electron chi connectivity index (χ4n) is 1.80. The summed E-state index contributed by atoms with van der Waals surface area (Å²) in [6.07, 6.45) is 0.991. The maximum atomic E-state index is 11.7. The smallest absolute Gasteiger partial charge is 0.220 e. The maximum Gasteiger partial charge on any atom is 0.220 e. The van der Waals surface area contributed by atoms with Crippen LogP contribution < -0.4 is 20.5 Å². The number of ether oxygens (including phenoxy) is 2. The van der Waals surface area contributed by atoms with Gasteiger partial charge in [-0.05, 0) is 30.7 Å². The van der Waals surface area contributed by atoms with E-state index >= 15 is 0 Å². The average molecular weight is 321 g/mol. The van der Waals surface area contributed by atoms with E-state index in [4.69, 9.17) is 15.2 Å². The van der Waals surface area contributed by atoms with Gasteiger partial charge in [-0.2, -0.15) is 0 Å². The van der Waals surface area contributed by atoms with Gasteiger partial charge in [0.2, 0.25) is 5.91 Å². The zero-order valence-electron chi connectivity index (χ0n) is 12.4. The van der Waals surface area contributed by atoms with Gasteiger partial charge in [0.05, 0.1) is 19.3 Å². The molecule has 22 heavy (non-hydrogen) atoms. The van der Waals surface area contributed by atoms with E-state index in [2.05, 4.69) is 10.3 Å². The van der Waals surface area contributed by atoms with Gasteiger partial charge in [0, 0.05) is 11.8 Å². The molecule has 118 valence electrons. The Morgan fingerprint density at radius 2 is 2.05 bits per heavy atom. The van der Waals surface area contributed by atoms with E-state index in [1.807, 2.05) is 29.6 Å². The number of hydrogen-bond donors (Lipinski definition) is 2. The van der Waals surface area contributed by atoms with Crippen LogP contribution in [-0.2, 0) is 11.2 Å². The standard InChI is InChI=1S/C15H19N3O3S/c1-20-12-3-5-13(6-4-12)21-9-8-17-14(19)7-2-11-10-22-15(16)18-11/h3-6,10H,2,7-9H2,1H3,(H2,16,18)(H,17,19). The maximum absolute atomic E-state index is 11.7. The molecule has 0 atom stereocenters. The highest BCUT2D eigenvalue weighted by Crippen LogP contribution is 2.16. The number of carbonyl (C=O) groups is 1. The third-order valence-corrected chi connectivity index (χ3v) is 3.65. The molecule has 0 spiro atoms. The van der Waals surface area contributed by atoms with Crippen LogP contribution in [0.2, 0.25) is 0 Å². The molecular weight excluding hydrogens is 302 g/mol. The van der Waals surface area contributed by atoms with Crippen LogP contribution in [0.15, 0.2) is 29.6 Å². The van der Waals surface area contributed by atoms with Gasteiger partial charge >= 0.3 is 0 Å². The SMILES string of the molecule is COc1ccc(OCCNC(=O)CCc2csc(N)n2)cc1. The second-order valence-corrected chi connectivity index (χ2v) is 5.44. The Labute approximate surface area is 133 Å². The number of hydrogen-bond acceptors (Lipinski definition) is 6. The zero-order valence-corrected chi connectivity index (χ0v) is 13.2. The second-order valence-electron chi connectivity index (χ2n) is 4.55. The minimum atomic E-state index is -0.0232. The monoisotopic (exact) mass is 321 g/mol. The van der Waals surface area contributed by atoms with Crippen LogP contribution >= 0.6 is 11.3 Å². The first-order valence-electron chi connectivity index (χ1n) is 6.91. The van der Waals surface area contributed by atoms with Gasteiger partial charge < -0.3 is 20.5 Å². The molecule has 0 radical (unpaired) electrons. The predicted molar refractivity (Wildman–Crippen MR) is 86.3 cm³/mol. The van der Waals surface area contributed by atoms with Crippen LogP contribution in [-0.4, -0.2) is 31.2 Å². The fourth-order valence-corrected chi connectivity index (χ4v) is 2.40. The number of nitrogens with zero attached hydrogens (tertiary/aromatic N) is 1. The topological polar surface area (TPSA) is 86.5 Å². The average Bonchev–Trinajstić information content (AvgIpc) is 2.96. The molecule has 0 unspecified atom stereocenters. The second kappa shape index (κ2) is 8.23. The third kappa shape index (κ3) is 5.25. The van der Waals surface area contributed by atoms with Gasteiger partial charge in [-0.15, -0.1) is 11.3 Å². The number of rotatable bonds is 8. The lowest BCUT2D eigenvalue weighted by Gasteiger charge is -2.08. The van der Waals surface area contributed by atoms with Crippen molar-refractivity contribution < 1.29 is 14.3 Å². The predicted octanol–water partition coefficient (Wildman–Crippen LogP) is 1.86. The van der Waals surface area contributed by atoms with Gasteiger partial charge in [-0.3, -0.25) is 4.79 Å². The van der Waals surface area contributed by atoms with Crippen molar-refractivity contribution in [2.24, 2.45) is 0 Å². The molecule has 2 aromatic rings. The molecule has 0 saturated heterocycles. The molecule has 1 amide bonds. The molecule has 0 aliphatic carbocycles. The van der Waals surface area contributed by atoms with Crippen molar-refractivity contribution in [2.75, 3.05) is 26.0 Å². The summed E-state index contributed by atoms with van der Waals surface area (Å²) in [5, 5.41) is 5.21. The number of thiazole rings is 1. The number of nitrogens with one attached hydrogen (secondary N) is 1. The fraction of sp³-hybridized carbons (Fsp3) is 0.333. The van der Waals surface area contributed by atoms with Crippen LogP contribution in [0.5, 0.6) is 11.5 Å². The molecule has 3 N–H and O–H groups in total. The molecule has 2 rings (SSSR count). The summed E-state index contributed by atoms with van der Waals surface area (Å²) in [6, 6.07) is 7.31. The summed E-state index contributed by atoms with van der Waals surface area (Å²) in [5.41, 5.74) is 6.39. The molecule has 0 bridgehead atoms. The normalized spacial score (nSPS) is 10.2. The van der Waals surface area contributed by atoms with Crippen LogP contribution in [0, 0.1) is 0 Å². The van der Waals surface area contributed by atoms with Gasteiger partial charge in [0.15, 0.2) is 5.13 Å². The highest BCUT2D eigenvalue weighted by atomic mass is 32.1. The van der Waals surface area contributed by atoms with E-state index in [1.165, 1.54) is 11.3 Å². The molecule has 0 aliphatic rings. The molecule has 1 heterocycles. The lowest BCUT2D eigenvalue weighted by atomic mass is 10.2. The Bertz CT molecular complexity index is 598. The van der Waals surface area contributed by atoms with E-state index < -0.39 is 0 Å². The number of anilines is 1. The highest BCUT2D eigenvalue weighted by Gasteiger charge is 2.04. The number of nitrogens with two attached hydrogens (primary N) is 1. The largest absolute Gasteiger partial charge is 0.497 e. The Kier molecular flexibility index (Phi) is 6.02. The zero-order chi connectivity index (χ0) is 15.8. The van der Waals surface area contributed by atoms with E-state index in [-0.39, 0.29) is 5.91 Å². The highest BCUT2D eigenvalue weighted by molar-refractivity contribution is 7.13. The minimum Gasteiger partial charge on any atom is -0.497 e. The lowest BCUT2D eigenvalue weighted by molar-refractivity contribution is -0.121. The molecule has 0 fully saturated rings. The molecule has 0 aliphatic heterocycles. The van der Waals surface area contributed by atoms with Crippen molar-refractivity contribution in [3.05, 3.63) is 35.3 Å². The number of methoxy groups -OCH3 is 1. The summed E-state index contributed by atoms with van der Waals surface area (Å²) < 4.78 is 10.6.